The van der Waals surface area contributed by atoms with Gasteiger partial charge in [-0.1, -0.05) is 18.2 Å². The summed E-state index contributed by atoms with van der Waals surface area (Å²) in [6, 6.07) is 3.00. The van der Waals surface area contributed by atoms with Crippen molar-refractivity contribution in [3.63, 3.8) is 0 Å². The first kappa shape index (κ1) is 13.5. The predicted octanol–water partition coefficient (Wildman–Crippen LogP) is 3.94. The molecule has 0 fully saturated rings. The Labute approximate surface area is 115 Å². The molecular formula is C14H13ClFN3. The third-order valence-corrected chi connectivity index (χ3v) is 2.66. The van der Waals surface area contributed by atoms with Crippen LogP contribution in [0.25, 0.3) is 5.65 Å². The average Bonchev–Trinajstić information content (AvgIpc) is 2.70. The average molecular weight is 278 g/mol. The van der Waals surface area contributed by atoms with E-state index in [2.05, 4.69) is 16.6 Å². The van der Waals surface area contributed by atoms with Crippen LogP contribution in [0, 0.1) is 5.82 Å². The van der Waals surface area contributed by atoms with E-state index in [-0.39, 0.29) is 5.82 Å². The van der Waals surface area contributed by atoms with E-state index in [0.29, 0.717) is 10.7 Å². The van der Waals surface area contributed by atoms with Crippen molar-refractivity contribution >= 4 is 23.0 Å². The van der Waals surface area contributed by atoms with Crippen molar-refractivity contribution in [2.24, 2.45) is 4.99 Å². The van der Waals surface area contributed by atoms with Crippen molar-refractivity contribution in [3.05, 3.63) is 59.4 Å². The summed E-state index contributed by atoms with van der Waals surface area (Å²) in [4.78, 5) is 8.59. The second-order valence-corrected chi connectivity index (χ2v) is 4.63. The molecule has 98 valence electrons. The van der Waals surface area contributed by atoms with E-state index in [1.807, 2.05) is 13.8 Å². The van der Waals surface area contributed by atoms with Gasteiger partial charge in [0.05, 0.1) is 17.6 Å². The van der Waals surface area contributed by atoms with Crippen LogP contribution in [0.15, 0.2) is 52.9 Å². The fourth-order valence-corrected chi connectivity index (χ4v) is 1.96. The van der Waals surface area contributed by atoms with Gasteiger partial charge in [-0.2, -0.15) is 0 Å². The number of rotatable bonds is 3. The smallest absolute Gasteiger partial charge is 0.139 e. The number of pyridine rings is 1. The molecule has 0 atom stereocenters. The summed E-state index contributed by atoms with van der Waals surface area (Å²) < 4.78 is 14.9. The van der Waals surface area contributed by atoms with E-state index in [9.17, 15) is 4.39 Å². The van der Waals surface area contributed by atoms with Gasteiger partial charge >= 0.3 is 0 Å². The van der Waals surface area contributed by atoms with E-state index in [1.165, 1.54) is 12.3 Å². The number of halogens is 2. The Morgan fingerprint density at radius 3 is 2.89 bits per heavy atom. The molecule has 0 aliphatic rings. The molecule has 2 heterocycles. The Hall–Kier alpha value is -1.94. The zero-order chi connectivity index (χ0) is 14.0. The van der Waals surface area contributed by atoms with Crippen LogP contribution in [0.1, 0.15) is 19.5 Å². The third kappa shape index (κ3) is 3.09. The molecule has 0 bridgehead atoms. The fourth-order valence-electron chi connectivity index (χ4n) is 1.80. The molecule has 2 aromatic heterocycles. The maximum absolute atomic E-state index is 13.3. The molecule has 0 aliphatic carbocycles. The Kier molecular flexibility index (Phi) is 3.81. The van der Waals surface area contributed by atoms with Crippen molar-refractivity contribution in [2.75, 3.05) is 0 Å². The molecule has 0 aliphatic heterocycles. The second kappa shape index (κ2) is 5.36. The molecule has 0 radical (unpaired) electrons. The van der Waals surface area contributed by atoms with Gasteiger partial charge in [0.15, 0.2) is 0 Å². The molecule has 0 spiro atoms. The highest BCUT2D eigenvalue weighted by molar-refractivity contribution is 6.30. The second-order valence-electron chi connectivity index (χ2n) is 4.15. The summed E-state index contributed by atoms with van der Waals surface area (Å²) in [6.07, 6.45) is 4.71. The highest BCUT2D eigenvalue weighted by Gasteiger charge is 2.07. The lowest BCUT2D eigenvalue weighted by atomic mass is 10.3. The molecule has 0 N–H and O–H groups in total. The van der Waals surface area contributed by atoms with E-state index in [1.54, 1.807) is 22.7 Å². The Balaban J connectivity index is 2.47. The zero-order valence-corrected chi connectivity index (χ0v) is 11.4. The first-order chi connectivity index (χ1) is 8.97. The topological polar surface area (TPSA) is 29.7 Å². The van der Waals surface area contributed by atoms with Gasteiger partial charge in [-0.15, -0.1) is 0 Å². The number of hydrogen-bond acceptors (Lipinski definition) is 2. The van der Waals surface area contributed by atoms with Crippen LogP contribution in [-0.2, 0) is 0 Å². The minimum Gasteiger partial charge on any atom is -0.296 e. The maximum Gasteiger partial charge on any atom is 0.139 e. The molecule has 0 unspecified atom stereocenters. The largest absolute Gasteiger partial charge is 0.296 e. The quantitative estimate of drug-likeness (QED) is 0.617. The van der Waals surface area contributed by atoms with Crippen LogP contribution < -0.4 is 0 Å². The van der Waals surface area contributed by atoms with Crippen molar-refractivity contribution in [2.45, 2.75) is 13.8 Å². The molecule has 0 amide bonds. The van der Waals surface area contributed by atoms with Crippen molar-refractivity contribution < 1.29 is 4.39 Å². The Bertz CT molecular complexity index is 698. The summed E-state index contributed by atoms with van der Waals surface area (Å²) in [7, 11) is 0. The summed E-state index contributed by atoms with van der Waals surface area (Å²) in [5.41, 5.74) is 2.87. The van der Waals surface area contributed by atoms with E-state index < -0.39 is 0 Å². The number of nitrogens with zero attached hydrogens (tertiary/aromatic N) is 3. The summed E-state index contributed by atoms with van der Waals surface area (Å²) in [6.45, 7) is 7.24. The number of fused-ring (bicyclic) bond motifs is 1. The number of allylic oxidation sites excluding steroid dienone is 3. The van der Waals surface area contributed by atoms with Gasteiger partial charge in [-0.25, -0.2) is 9.37 Å². The standard InChI is InChI=1S/C14H13ClFN3/c1-9(15)6-10(2)18-11(3)13-7-17-14-5-4-12(16)8-19(13)14/h4-8H,1H2,2-3H3/b10-6-,18-11?. The van der Waals surface area contributed by atoms with E-state index in [4.69, 9.17) is 11.6 Å². The van der Waals surface area contributed by atoms with Gasteiger partial charge in [-0.3, -0.25) is 9.39 Å². The van der Waals surface area contributed by atoms with Crippen LogP contribution in [0.5, 0.6) is 0 Å². The van der Waals surface area contributed by atoms with Gasteiger partial charge < -0.3 is 0 Å². The molecule has 0 saturated carbocycles. The van der Waals surface area contributed by atoms with Gasteiger partial charge in [0.1, 0.15) is 11.5 Å². The predicted molar refractivity (Wildman–Crippen MR) is 76.1 cm³/mol. The number of aromatic nitrogens is 2. The summed E-state index contributed by atoms with van der Waals surface area (Å²) >= 11 is 5.69. The van der Waals surface area contributed by atoms with E-state index in [0.717, 1.165) is 17.1 Å². The Morgan fingerprint density at radius 2 is 2.21 bits per heavy atom. The minimum absolute atomic E-state index is 0.319. The van der Waals surface area contributed by atoms with Crippen molar-refractivity contribution in [1.82, 2.24) is 9.38 Å². The maximum atomic E-state index is 13.3. The molecule has 19 heavy (non-hydrogen) atoms. The lowest BCUT2D eigenvalue weighted by molar-refractivity contribution is 0.619. The molecule has 2 rings (SSSR count). The molecule has 3 nitrogen and oxygen atoms in total. The molecule has 5 heteroatoms. The van der Waals surface area contributed by atoms with Crippen LogP contribution in [-0.4, -0.2) is 15.1 Å². The zero-order valence-electron chi connectivity index (χ0n) is 10.7. The summed E-state index contributed by atoms with van der Waals surface area (Å²) in [5.74, 6) is -0.319. The first-order valence-corrected chi connectivity index (χ1v) is 6.06. The normalized spacial score (nSPS) is 13.1. The van der Waals surface area contributed by atoms with E-state index >= 15 is 0 Å². The van der Waals surface area contributed by atoms with Gasteiger partial charge in [0.2, 0.25) is 0 Å². The van der Waals surface area contributed by atoms with Crippen LogP contribution in [0.2, 0.25) is 0 Å². The highest BCUT2D eigenvalue weighted by Crippen LogP contribution is 2.12. The van der Waals surface area contributed by atoms with Gasteiger partial charge in [0.25, 0.3) is 0 Å². The summed E-state index contributed by atoms with van der Waals surface area (Å²) in [5, 5.41) is 0.415. The molecule has 0 aromatic carbocycles. The van der Waals surface area contributed by atoms with Crippen molar-refractivity contribution in [3.8, 4) is 0 Å². The number of imidazole rings is 1. The van der Waals surface area contributed by atoms with Crippen molar-refractivity contribution in [1.29, 1.82) is 0 Å². The molecular weight excluding hydrogens is 265 g/mol. The number of hydrogen-bond donors (Lipinski definition) is 0. The Morgan fingerprint density at radius 1 is 1.47 bits per heavy atom. The third-order valence-electron chi connectivity index (χ3n) is 2.55. The van der Waals surface area contributed by atoms with Crippen LogP contribution in [0.3, 0.4) is 0 Å². The first-order valence-electron chi connectivity index (χ1n) is 5.68. The van der Waals surface area contributed by atoms with Gasteiger partial charge in [0, 0.05) is 16.9 Å². The van der Waals surface area contributed by atoms with Crippen LogP contribution >= 0.6 is 11.6 Å². The lowest BCUT2D eigenvalue weighted by Gasteiger charge is -2.02. The number of aliphatic imine (C=N–C) groups is 1. The monoisotopic (exact) mass is 277 g/mol. The highest BCUT2D eigenvalue weighted by atomic mass is 35.5. The lowest BCUT2D eigenvalue weighted by Crippen LogP contribution is -2.01. The fraction of sp³-hybridized carbons (Fsp3) is 0.143. The molecule has 0 saturated heterocycles. The van der Waals surface area contributed by atoms with Crippen LogP contribution in [0.4, 0.5) is 4.39 Å². The molecule has 2 aromatic rings. The minimum atomic E-state index is -0.319. The van der Waals surface area contributed by atoms with Gasteiger partial charge in [-0.05, 0) is 32.1 Å². The SMILES string of the molecule is C=C(Cl)/C=C(/C)N=C(C)c1cnc2ccc(F)cn12.